The molecule has 2 fully saturated rings. The molecule has 6 rings (SSSR count). The number of nitrogens with zero attached hydrogens (tertiary/aromatic N) is 4. The van der Waals surface area contributed by atoms with Gasteiger partial charge < -0.3 is 10.1 Å². The normalized spacial score (nSPS) is 20.8. The average Bonchev–Trinajstić information content (AvgIpc) is 3.58. The third kappa shape index (κ3) is 4.39. The smallest absolute Gasteiger partial charge is 0.331 e. The van der Waals surface area contributed by atoms with Gasteiger partial charge in [-0.15, -0.1) is 11.3 Å². The van der Waals surface area contributed by atoms with Crippen molar-refractivity contribution >= 4 is 33.2 Å². The Labute approximate surface area is 222 Å². The number of nitrogens with one attached hydrogen (secondary N) is 1. The Kier molecular flexibility index (Phi) is 6.17. The molecule has 8 nitrogen and oxygen atoms in total. The Bertz CT molecular complexity index is 1620. The van der Waals surface area contributed by atoms with Crippen LogP contribution in [0.15, 0.2) is 46.4 Å². The molecule has 3 unspecified atom stereocenters. The van der Waals surface area contributed by atoms with Gasteiger partial charge in [0, 0.05) is 39.8 Å². The fourth-order valence-corrected chi connectivity index (χ4v) is 6.92. The van der Waals surface area contributed by atoms with Gasteiger partial charge in [-0.25, -0.2) is 14.8 Å². The lowest BCUT2D eigenvalue weighted by molar-refractivity contribution is 0.158. The first-order valence-electron chi connectivity index (χ1n) is 12.5. The number of fused-ring (bicyclic) bond motifs is 3. The van der Waals surface area contributed by atoms with Crippen molar-refractivity contribution in [1.29, 1.82) is 0 Å². The van der Waals surface area contributed by atoms with Crippen molar-refractivity contribution < 1.29 is 4.74 Å². The number of rotatable bonds is 6. The Morgan fingerprint density at radius 1 is 1.22 bits per heavy atom. The molecule has 1 saturated heterocycles. The summed E-state index contributed by atoms with van der Waals surface area (Å²) in [4.78, 5) is 35.5. The zero-order valence-electron chi connectivity index (χ0n) is 20.9. The first-order valence-corrected chi connectivity index (χ1v) is 13.7. The van der Waals surface area contributed by atoms with Crippen LogP contribution in [-0.2, 0) is 6.54 Å². The van der Waals surface area contributed by atoms with E-state index < -0.39 is 0 Å². The summed E-state index contributed by atoms with van der Waals surface area (Å²) >= 11 is 7.98. The van der Waals surface area contributed by atoms with E-state index in [1.54, 1.807) is 10.8 Å². The van der Waals surface area contributed by atoms with Crippen molar-refractivity contribution in [3.63, 3.8) is 0 Å². The quantitative estimate of drug-likeness (QED) is 0.392. The van der Waals surface area contributed by atoms with E-state index >= 15 is 0 Å². The Morgan fingerprint density at radius 2 is 2.05 bits per heavy atom. The molecule has 0 amide bonds. The maximum absolute atomic E-state index is 12.9. The van der Waals surface area contributed by atoms with Crippen LogP contribution in [0.4, 0.5) is 0 Å². The standard InChI is InChI=1S/C27H28ClN5O3S/c1-14(2)32-5-4-23(34)33(27(32)35)12-18-10-21-26(37-18)24(31-13-30-21)19-9-17(28)6-15(3)25(19)36-22-8-16-7-20(22)29-11-16/h4-6,9-10,13-14,16,20,22,29H,7-8,11-12H2,1-3H3. The number of hydrogen-bond acceptors (Lipinski definition) is 7. The molecule has 0 spiro atoms. The largest absolute Gasteiger partial charge is 0.488 e. The van der Waals surface area contributed by atoms with Crippen molar-refractivity contribution in [3.05, 3.63) is 73.1 Å². The van der Waals surface area contributed by atoms with Crippen LogP contribution in [0.1, 0.15) is 43.2 Å². The van der Waals surface area contributed by atoms with Gasteiger partial charge in [-0.05, 0) is 69.8 Å². The van der Waals surface area contributed by atoms with E-state index in [0.717, 1.165) is 57.1 Å². The van der Waals surface area contributed by atoms with E-state index in [-0.39, 0.29) is 29.9 Å². The molecule has 1 N–H and O–H groups in total. The second kappa shape index (κ2) is 9.38. The number of halogens is 1. The van der Waals surface area contributed by atoms with Gasteiger partial charge in [0.15, 0.2) is 0 Å². The van der Waals surface area contributed by atoms with E-state index in [1.807, 2.05) is 39.0 Å². The van der Waals surface area contributed by atoms with E-state index in [0.29, 0.717) is 17.0 Å². The van der Waals surface area contributed by atoms with Crippen LogP contribution in [0.2, 0.25) is 5.02 Å². The Hall–Kier alpha value is -3.01. The van der Waals surface area contributed by atoms with Crippen LogP contribution < -0.4 is 21.3 Å². The molecule has 192 valence electrons. The van der Waals surface area contributed by atoms with E-state index in [1.165, 1.54) is 28.3 Å². The van der Waals surface area contributed by atoms with Gasteiger partial charge in [-0.1, -0.05) is 11.6 Å². The van der Waals surface area contributed by atoms with Crippen molar-refractivity contribution in [2.24, 2.45) is 5.92 Å². The molecule has 2 aliphatic rings. The monoisotopic (exact) mass is 537 g/mol. The van der Waals surface area contributed by atoms with Crippen LogP contribution in [-0.4, -0.2) is 37.8 Å². The highest BCUT2D eigenvalue weighted by Crippen LogP contribution is 2.42. The molecule has 1 aliphatic heterocycles. The second-order valence-electron chi connectivity index (χ2n) is 10.3. The Balaban J connectivity index is 1.41. The third-order valence-electron chi connectivity index (χ3n) is 7.36. The molecule has 4 heterocycles. The minimum absolute atomic E-state index is 0.0472. The average molecular weight is 538 g/mol. The SMILES string of the molecule is Cc1cc(Cl)cc(-c2ncnc3cc(Cn4c(=O)ccn(C(C)C)c4=O)sc23)c1OC1CC2CNC1C2. The van der Waals surface area contributed by atoms with E-state index in [4.69, 9.17) is 16.3 Å². The molecule has 3 aromatic heterocycles. The summed E-state index contributed by atoms with van der Waals surface area (Å²) in [6.07, 6.45) is 5.39. The zero-order valence-corrected chi connectivity index (χ0v) is 22.5. The first-order chi connectivity index (χ1) is 17.8. The van der Waals surface area contributed by atoms with Crippen LogP contribution in [0, 0.1) is 12.8 Å². The van der Waals surface area contributed by atoms with Gasteiger partial charge in [-0.2, -0.15) is 0 Å². The lowest BCUT2D eigenvalue weighted by Crippen LogP contribution is -2.40. The predicted octanol–water partition coefficient (Wildman–Crippen LogP) is 4.40. The molecular formula is C27H28ClN5O3S. The first kappa shape index (κ1) is 24.3. The third-order valence-corrected chi connectivity index (χ3v) is 8.70. The summed E-state index contributed by atoms with van der Waals surface area (Å²) in [5.41, 5.74) is 2.62. The summed E-state index contributed by atoms with van der Waals surface area (Å²) < 4.78 is 10.3. The van der Waals surface area contributed by atoms with Crippen molar-refractivity contribution in [3.8, 4) is 17.0 Å². The molecule has 1 saturated carbocycles. The Morgan fingerprint density at radius 3 is 2.78 bits per heavy atom. The lowest BCUT2D eigenvalue weighted by Gasteiger charge is -2.26. The molecule has 1 aromatic carbocycles. The number of benzene rings is 1. The topological polar surface area (TPSA) is 91.0 Å². The van der Waals surface area contributed by atoms with Crippen LogP contribution >= 0.6 is 22.9 Å². The predicted molar refractivity (Wildman–Crippen MR) is 146 cm³/mol. The van der Waals surface area contributed by atoms with Gasteiger partial charge in [0.25, 0.3) is 5.56 Å². The van der Waals surface area contributed by atoms with Crippen LogP contribution in [0.25, 0.3) is 21.5 Å². The number of thiophene rings is 1. The molecule has 10 heteroatoms. The summed E-state index contributed by atoms with van der Waals surface area (Å²) in [5.74, 6) is 1.45. The molecule has 0 radical (unpaired) electrons. The number of hydrogen-bond donors (Lipinski definition) is 1. The zero-order chi connectivity index (χ0) is 25.8. The van der Waals surface area contributed by atoms with Gasteiger partial charge in [-0.3, -0.25) is 13.9 Å². The summed E-state index contributed by atoms with van der Waals surface area (Å²) in [6, 6.07) is 7.49. The van der Waals surface area contributed by atoms with Gasteiger partial charge >= 0.3 is 5.69 Å². The fourth-order valence-electron chi connectivity index (χ4n) is 5.54. The number of ether oxygens (including phenoxy) is 1. The van der Waals surface area contributed by atoms with Crippen molar-refractivity contribution in [2.45, 2.75) is 58.3 Å². The molecule has 4 aromatic rings. The summed E-state index contributed by atoms with van der Waals surface area (Å²) in [5, 5.41) is 4.17. The number of aromatic nitrogens is 4. The lowest BCUT2D eigenvalue weighted by atomic mass is 10.0. The second-order valence-corrected chi connectivity index (χ2v) is 11.9. The number of piperidine rings is 1. The minimum Gasteiger partial charge on any atom is -0.488 e. The van der Waals surface area contributed by atoms with E-state index in [2.05, 4.69) is 15.3 Å². The molecule has 37 heavy (non-hydrogen) atoms. The summed E-state index contributed by atoms with van der Waals surface area (Å²) in [6.45, 7) is 7.06. The van der Waals surface area contributed by atoms with Crippen molar-refractivity contribution in [1.82, 2.24) is 24.4 Å². The van der Waals surface area contributed by atoms with Gasteiger partial charge in [0.05, 0.1) is 22.5 Å². The van der Waals surface area contributed by atoms with Crippen LogP contribution in [0.5, 0.6) is 5.75 Å². The van der Waals surface area contributed by atoms with Crippen molar-refractivity contribution in [2.75, 3.05) is 6.54 Å². The highest BCUT2D eigenvalue weighted by Gasteiger charge is 2.41. The van der Waals surface area contributed by atoms with E-state index in [9.17, 15) is 9.59 Å². The molecule has 1 aliphatic carbocycles. The minimum atomic E-state index is -0.328. The van der Waals surface area contributed by atoms with Crippen LogP contribution in [0.3, 0.4) is 0 Å². The highest BCUT2D eigenvalue weighted by molar-refractivity contribution is 7.19. The van der Waals surface area contributed by atoms with Gasteiger partial charge in [0.1, 0.15) is 18.2 Å². The number of aryl methyl sites for hydroxylation is 1. The van der Waals surface area contributed by atoms with Gasteiger partial charge in [0.2, 0.25) is 0 Å². The molecule has 3 atom stereocenters. The summed E-state index contributed by atoms with van der Waals surface area (Å²) in [7, 11) is 0. The fraction of sp³-hybridized carbons (Fsp3) is 0.407. The molecular weight excluding hydrogens is 510 g/mol. The maximum atomic E-state index is 12.9. The highest BCUT2D eigenvalue weighted by atomic mass is 35.5. The maximum Gasteiger partial charge on any atom is 0.331 e. The molecule has 2 bridgehead atoms.